The zero-order valence-corrected chi connectivity index (χ0v) is 18.9. The number of halogens is 2. The molecule has 0 aliphatic carbocycles. The van der Waals surface area contributed by atoms with Gasteiger partial charge in [0.15, 0.2) is 17.2 Å². The van der Waals surface area contributed by atoms with Crippen LogP contribution in [-0.2, 0) is 22.5 Å². The highest BCUT2D eigenvalue weighted by molar-refractivity contribution is 5.98. The summed E-state index contributed by atoms with van der Waals surface area (Å²) in [4.78, 5) is 49.7. The van der Waals surface area contributed by atoms with Gasteiger partial charge in [-0.05, 0) is 37.3 Å². The highest BCUT2D eigenvalue weighted by Crippen LogP contribution is 2.20. The second kappa shape index (κ2) is 12.0. The van der Waals surface area contributed by atoms with Gasteiger partial charge in [0.1, 0.15) is 17.9 Å². The second-order valence-electron chi connectivity index (χ2n) is 7.78. The molecule has 0 saturated heterocycles. The highest BCUT2D eigenvalue weighted by Gasteiger charge is 2.26. The molecular formula is C24H27F2NO6. The van der Waals surface area contributed by atoms with Crippen LogP contribution in [0.4, 0.5) is 8.78 Å². The number of esters is 1. The van der Waals surface area contributed by atoms with Crippen LogP contribution in [0.5, 0.6) is 5.75 Å². The van der Waals surface area contributed by atoms with Crippen LogP contribution in [0, 0.1) is 17.6 Å². The number of Topliss-reactive ketones (excluding diaryl/α,β-unsaturated/α-hetero) is 1. The van der Waals surface area contributed by atoms with Crippen molar-refractivity contribution < 1.29 is 32.6 Å². The minimum atomic E-state index is -0.858. The fraction of sp³-hybridized carbons (Fsp3) is 0.417. The number of ketones is 1. The van der Waals surface area contributed by atoms with E-state index in [9.17, 15) is 28.0 Å². The second-order valence-corrected chi connectivity index (χ2v) is 7.78. The van der Waals surface area contributed by atoms with E-state index >= 15 is 0 Å². The Bertz CT molecular complexity index is 1080. The first-order valence-corrected chi connectivity index (χ1v) is 10.7. The van der Waals surface area contributed by atoms with Crippen LogP contribution in [0.25, 0.3) is 0 Å². The molecule has 2 rings (SSSR count). The van der Waals surface area contributed by atoms with E-state index in [2.05, 4.69) is 0 Å². The number of carbonyl (C=O) groups excluding carboxylic acids is 3. The predicted octanol–water partition coefficient (Wildman–Crippen LogP) is 3.74. The molecule has 0 aliphatic rings. The van der Waals surface area contributed by atoms with Gasteiger partial charge in [-0.2, -0.15) is 0 Å². The van der Waals surface area contributed by atoms with Crippen LogP contribution in [0.15, 0.2) is 29.2 Å². The molecule has 0 saturated carbocycles. The van der Waals surface area contributed by atoms with Crippen LogP contribution < -0.4 is 10.2 Å². The zero-order valence-electron chi connectivity index (χ0n) is 18.9. The van der Waals surface area contributed by atoms with Gasteiger partial charge in [0, 0.05) is 18.7 Å². The van der Waals surface area contributed by atoms with Gasteiger partial charge in [0.25, 0.3) is 0 Å². The highest BCUT2D eigenvalue weighted by atomic mass is 19.1. The third-order valence-electron chi connectivity index (χ3n) is 4.86. The summed E-state index contributed by atoms with van der Waals surface area (Å²) in [6, 6.07) is 3.02. The number of aromatic nitrogens is 1. The molecule has 0 bridgehead atoms. The molecule has 178 valence electrons. The minimum Gasteiger partial charge on any atom is -0.487 e. The smallest absolute Gasteiger partial charge is 0.359 e. The summed E-state index contributed by atoms with van der Waals surface area (Å²) in [7, 11) is 0. The van der Waals surface area contributed by atoms with Crippen molar-refractivity contribution in [1.29, 1.82) is 0 Å². The Morgan fingerprint density at radius 1 is 1.21 bits per heavy atom. The summed E-state index contributed by atoms with van der Waals surface area (Å²) >= 11 is 0. The number of nitrogens with zero attached hydrogens (tertiary/aromatic N) is 1. The van der Waals surface area contributed by atoms with E-state index in [0.29, 0.717) is 18.8 Å². The minimum absolute atomic E-state index is 0.0312. The van der Waals surface area contributed by atoms with Crippen LogP contribution in [0.3, 0.4) is 0 Å². The number of pyridine rings is 1. The first-order valence-electron chi connectivity index (χ1n) is 10.7. The van der Waals surface area contributed by atoms with Crippen molar-refractivity contribution in [3.8, 4) is 5.75 Å². The zero-order chi connectivity index (χ0) is 24.5. The summed E-state index contributed by atoms with van der Waals surface area (Å²) in [6.07, 6.45) is 1.89. The van der Waals surface area contributed by atoms with Crippen LogP contribution in [0.1, 0.15) is 60.0 Å². The molecule has 0 fully saturated rings. The molecule has 1 aromatic carbocycles. The Labute approximate surface area is 190 Å². The molecule has 0 N–H and O–H groups in total. The molecule has 2 aromatic rings. The molecule has 7 nitrogen and oxygen atoms in total. The Morgan fingerprint density at radius 3 is 2.55 bits per heavy atom. The Balaban J connectivity index is 2.46. The van der Waals surface area contributed by atoms with E-state index in [1.54, 1.807) is 6.92 Å². The van der Waals surface area contributed by atoms with Gasteiger partial charge >= 0.3 is 5.97 Å². The molecule has 0 radical (unpaired) electrons. The van der Waals surface area contributed by atoms with Crippen LogP contribution >= 0.6 is 0 Å². The average molecular weight is 463 g/mol. The average Bonchev–Trinajstić information content (AvgIpc) is 2.74. The summed E-state index contributed by atoms with van der Waals surface area (Å²) < 4.78 is 38.8. The molecule has 0 unspecified atom stereocenters. The van der Waals surface area contributed by atoms with Gasteiger partial charge in [-0.1, -0.05) is 19.9 Å². The van der Waals surface area contributed by atoms with Crippen molar-refractivity contribution in [2.75, 3.05) is 13.2 Å². The number of benzene rings is 1. The molecule has 0 amide bonds. The van der Waals surface area contributed by atoms with E-state index in [0.717, 1.165) is 16.8 Å². The summed E-state index contributed by atoms with van der Waals surface area (Å²) in [5.41, 5.74) is -1.24. The molecule has 1 aromatic heterocycles. The number of carbonyl (C=O) groups is 3. The van der Waals surface area contributed by atoms with Crippen molar-refractivity contribution in [3.05, 3.63) is 63.1 Å². The lowest BCUT2D eigenvalue weighted by Gasteiger charge is -2.17. The molecule has 1 heterocycles. The van der Waals surface area contributed by atoms with E-state index in [1.165, 1.54) is 6.07 Å². The normalized spacial score (nSPS) is 10.8. The maximum atomic E-state index is 13.9. The third-order valence-corrected chi connectivity index (χ3v) is 4.86. The number of hydrogen-bond acceptors (Lipinski definition) is 6. The van der Waals surface area contributed by atoms with Crippen molar-refractivity contribution in [1.82, 2.24) is 4.57 Å². The topological polar surface area (TPSA) is 91.7 Å². The first kappa shape index (κ1) is 25.9. The summed E-state index contributed by atoms with van der Waals surface area (Å²) in [5.74, 6) is -3.14. The van der Waals surface area contributed by atoms with Crippen molar-refractivity contribution in [2.45, 2.75) is 46.6 Å². The predicted molar refractivity (Wildman–Crippen MR) is 117 cm³/mol. The number of aryl methyl sites for hydroxylation is 1. The summed E-state index contributed by atoms with van der Waals surface area (Å²) in [5, 5.41) is 0. The van der Waals surface area contributed by atoms with Crippen LogP contribution in [0.2, 0.25) is 0 Å². The fourth-order valence-electron chi connectivity index (χ4n) is 3.11. The van der Waals surface area contributed by atoms with Gasteiger partial charge in [-0.25, -0.2) is 13.6 Å². The van der Waals surface area contributed by atoms with Gasteiger partial charge in [0.2, 0.25) is 5.43 Å². The molecule has 33 heavy (non-hydrogen) atoms. The van der Waals surface area contributed by atoms with Crippen molar-refractivity contribution in [3.63, 3.8) is 0 Å². The molecule has 0 aliphatic heterocycles. The number of hydrogen-bond donors (Lipinski definition) is 0. The molecule has 0 spiro atoms. The summed E-state index contributed by atoms with van der Waals surface area (Å²) in [6.45, 7) is 5.32. The van der Waals surface area contributed by atoms with Crippen LogP contribution in [-0.4, -0.2) is 35.8 Å². The Kier molecular flexibility index (Phi) is 9.44. The number of ether oxygens (including phenoxy) is 2. The van der Waals surface area contributed by atoms with E-state index < -0.39 is 28.8 Å². The third kappa shape index (κ3) is 6.81. The lowest BCUT2D eigenvalue weighted by Crippen LogP contribution is -2.28. The number of aldehydes is 1. The Morgan fingerprint density at radius 2 is 1.94 bits per heavy atom. The molecular weight excluding hydrogens is 436 g/mol. The standard InChI is InChI=1S/C24H27F2NO6/c1-4-32-24(31)21-23(33-12-9-15(2)3)22(30)18(14-27(21)10-11-28)20(29)8-6-16-5-7-17(25)13-19(16)26/h5,7,11,13-15H,4,6,8-10,12H2,1-3H3. The van der Waals surface area contributed by atoms with Gasteiger partial charge < -0.3 is 18.8 Å². The van der Waals surface area contributed by atoms with Crippen molar-refractivity contribution >= 4 is 18.0 Å². The quantitative estimate of drug-likeness (QED) is 0.271. The van der Waals surface area contributed by atoms with E-state index in [-0.39, 0.29) is 61.1 Å². The first-order chi connectivity index (χ1) is 15.7. The van der Waals surface area contributed by atoms with Gasteiger partial charge in [0.05, 0.1) is 25.3 Å². The van der Waals surface area contributed by atoms with Gasteiger partial charge in [-0.3, -0.25) is 9.59 Å². The molecule has 9 heteroatoms. The maximum absolute atomic E-state index is 13.9. The van der Waals surface area contributed by atoms with E-state index in [4.69, 9.17) is 9.47 Å². The molecule has 0 atom stereocenters. The monoisotopic (exact) mass is 463 g/mol. The van der Waals surface area contributed by atoms with Crippen molar-refractivity contribution in [2.24, 2.45) is 5.92 Å². The lowest BCUT2D eigenvalue weighted by atomic mass is 10.0. The van der Waals surface area contributed by atoms with Gasteiger partial charge in [-0.15, -0.1) is 0 Å². The number of rotatable bonds is 12. The fourth-order valence-corrected chi connectivity index (χ4v) is 3.11. The SMILES string of the molecule is CCOC(=O)c1c(OCCC(C)C)c(=O)c(C(=O)CCc2ccc(F)cc2F)cn1CC=O. The largest absolute Gasteiger partial charge is 0.487 e. The lowest BCUT2D eigenvalue weighted by molar-refractivity contribution is -0.108. The van der Waals surface area contributed by atoms with E-state index in [1.807, 2.05) is 13.8 Å². The Hall–Kier alpha value is -3.36. The maximum Gasteiger partial charge on any atom is 0.359 e.